The van der Waals surface area contributed by atoms with Crippen LogP contribution in [0.25, 0.3) is 0 Å². The van der Waals surface area contributed by atoms with Crippen molar-refractivity contribution in [1.82, 2.24) is 5.32 Å². The Kier molecular flexibility index (Phi) is 7.74. The monoisotopic (exact) mass is 236 g/mol. The summed E-state index contributed by atoms with van der Waals surface area (Å²) < 4.78 is 5.24. The highest BCUT2D eigenvalue weighted by molar-refractivity contribution is 5.85. The molecular weight excluding hydrogens is 216 g/mol. The molecule has 90 valence electrons. The van der Waals surface area contributed by atoms with Crippen LogP contribution < -0.4 is 11.1 Å². The van der Waals surface area contributed by atoms with E-state index in [-0.39, 0.29) is 24.4 Å². The number of nitrogens with one attached hydrogen (secondary N) is 1. The van der Waals surface area contributed by atoms with Crippen molar-refractivity contribution in [3.63, 3.8) is 0 Å². The smallest absolute Gasteiger partial charge is 0.220 e. The maximum absolute atomic E-state index is 11.4. The van der Waals surface area contributed by atoms with Crippen LogP contribution in [0.2, 0.25) is 0 Å². The van der Waals surface area contributed by atoms with Crippen LogP contribution in [-0.4, -0.2) is 31.7 Å². The topological polar surface area (TPSA) is 64.3 Å². The predicted molar refractivity (Wildman–Crippen MR) is 62.1 cm³/mol. The van der Waals surface area contributed by atoms with E-state index in [0.717, 1.165) is 26.1 Å². The maximum atomic E-state index is 11.4. The molecule has 1 unspecified atom stereocenters. The van der Waals surface area contributed by atoms with Crippen molar-refractivity contribution in [3.05, 3.63) is 0 Å². The van der Waals surface area contributed by atoms with Crippen LogP contribution in [0.4, 0.5) is 0 Å². The van der Waals surface area contributed by atoms with E-state index >= 15 is 0 Å². The molecule has 0 bridgehead atoms. The van der Waals surface area contributed by atoms with E-state index in [0.29, 0.717) is 18.9 Å². The van der Waals surface area contributed by atoms with Gasteiger partial charge in [0.15, 0.2) is 0 Å². The first kappa shape index (κ1) is 14.7. The van der Waals surface area contributed by atoms with Crippen LogP contribution in [0, 0.1) is 5.92 Å². The van der Waals surface area contributed by atoms with E-state index in [1.807, 2.05) is 6.92 Å². The quantitative estimate of drug-likeness (QED) is 0.738. The minimum Gasteiger partial charge on any atom is -0.381 e. The van der Waals surface area contributed by atoms with Crippen molar-refractivity contribution in [2.24, 2.45) is 11.7 Å². The normalized spacial score (nSPS) is 21.9. The molecule has 0 aliphatic carbocycles. The lowest BCUT2D eigenvalue weighted by molar-refractivity contribution is -0.121. The molecule has 2 atom stereocenters. The average molecular weight is 237 g/mol. The average Bonchev–Trinajstić information content (AvgIpc) is 2.67. The van der Waals surface area contributed by atoms with Gasteiger partial charge in [-0.05, 0) is 25.7 Å². The molecule has 1 aliphatic rings. The molecule has 0 spiro atoms. The van der Waals surface area contributed by atoms with Crippen LogP contribution in [0.1, 0.15) is 26.2 Å². The predicted octanol–water partition coefficient (Wildman–Crippen LogP) is 0.688. The fourth-order valence-corrected chi connectivity index (χ4v) is 1.55. The maximum Gasteiger partial charge on any atom is 0.220 e. The summed E-state index contributed by atoms with van der Waals surface area (Å²) in [7, 11) is 0. The molecule has 4 nitrogen and oxygen atoms in total. The van der Waals surface area contributed by atoms with E-state index in [9.17, 15) is 4.79 Å². The molecule has 1 heterocycles. The Balaban J connectivity index is 0.00000196. The number of carbonyl (C=O) groups excluding carboxylic acids is 1. The van der Waals surface area contributed by atoms with Gasteiger partial charge < -0.3 is 15.8 Å². The molecule has 15 heavy (non-hydrogen) atoms. The summed E-state index contributed by atoms with van der Waals surface area (Å²) in [6.07, 6.45) is 2.63. The molecule has 1 rings (SSSR count). The van der Waals surface area contributed by atoms with Gasteiger partial charge in [-0.1, -0.05) is 0 Å². The molecule has 0 saturated carbocycles. The highest BCUT2D eigenvalue weighted by atomic mass is 35.5. The van der Waals surface area contributed by atoms with Crippen molar-refractivity contribution >= 4 is 18.3 Å². The van der Waals surface area contributed by atoms with Crippen LogP contribution in [-0.2, 0) is 9.53 Å². The lowest BCUT2D eigenvalue weighted by atomic mass is 10.0. The van der Waals surface area contributed by atoms with E-state index in [2.05, 4.69) is 5.32 Å². The molecule has 0 aromatic heterocycles. The molecule has 0 aromatic carbocycles. The number of nitrogens with two attached hydrogens (primary N) is 1. The van der Waals surface area contributed by atoms with Gasteiger partial charge in [-0.3, -0.25) is 4.79 Å². The number of rotatable bonds is 5. The standard InChI is InChI=1S/C10H20N2O2.ClH/c1-8(6-11)12-10(13)3-2-9-4-5-14-7-9;/h8-9H,2-7,11H2,1H3,(H,12,13);1H/t8-,9?;/m1./s1. The molecule has 3 N–H and O–H groups in total. The van der Waals surface area contributed by atoms with Crippen LogP contribution >= 0.6 is 12.4 Å². The number of carbonyl (C=O) groups is 1. The van der Waals surface area contributed by atoms with Gasteiger partial charge in [0, 0.05) is 32.2 Å². The molecule has 5 heteroatoms. The number of ether oxygens (including phenoxy) is 1. The molecular formula is C10H21ClN2O2. The summed E-state index contributed by atoms with van der Waals surface area (Å²) in [5.41, 5.74) is 5.40. The Hall–Kier alpha value is -0.320. The van der Waals surface area contributed by atoms with Crippen molar-refractivity contribution in [2.75, 3.05) is 19.8 Å². The summed E-state index contributed by atoms with van der Waals surface area (Å²) in [4.78, 5) is 11.4. The number of amides is 1. The Bertz CT molecular complexity index is 184. The van der Waals surface area contributed by atoms with E-state index in [1.165, 1.54) is 0 Å². The largest absolute Gasteiger partial charge is 0.381 e. The second-order valence-corrected chi connectivity index (χ2v) is 3.97. The summed E-state index contributed by atoms with van der Waals surface area (Å²) in [5, 5.41) is 2.85. The Morgan fingerprint density at radius 1 is 1.67 bits per heavy atom. The molecule has 1 aliphatic heterocycles. The second-order valence-electron chi connectivity index (χ2n) is 3.97. The zero-order chi connectivity index (χ0) is 10.4. The summed E-state index contributed by atoms with van der Waals surface area (Å²) in [6.45, 7) is 4.08. The SMILES string of the molecule is C[C@H](CN)NC(=O)CCC1CCOC1.Cl. The van der Waals surface area contributed by atoms with E-state index < -0.39 is 0 Å². The molecule has 1 amide bonds. The number of hydrogen-bond acceptors (Lipinski definition) is 3. The van der Waals surface area contributed by atoms with Crippen LogP contribution in [0.5, 0.6) is 0 Å². The van der Waals surface area contributed by atoms with Gasteiger partial charge in [0.2, 0.25) is 5.91 Å². The number of hydrogen-bond donors (Lipinski definition) is 2. The zero-order valence-corrected chi connectivity index (χ0v) is 10.0. The first-order valence-electron chi connectivity index (χ1n) is 5.29. The minimum atomic E-state index is 0. The lowest BCUT2D eigenvalue weighted by Crippen LogP contribution is -2.37. The summed E-state index contributed by atoms with van der Waals surface area (Å²) in [5.74, 6) is 0.684. The van der Waals surface area contributed by atoms with Gasteiger partial charge in [0.05, 0.1) is 0 Å². The van der Waals surface area contributed by atoms with Gasteiger partial charge in [0.25, 0.3) is 0 Å². The van der Waals surface area contributed by atoms with Gasteiger partial charge in [-0.15, -0.1) is 12.4 Å². The third kappa shape index (κ3) is 5.97. The highest BCUT2D eigenvalue weighted by Gasteiger charge is 2.16. The summed E-state index contributed by atoms with van der Waals surface area (Å²) in [6, 6.07) is 0.0855. The third-order valence-corrected chi connectivity index (χ3v) is 2.56. The third-order valence-electron chi connectivity index (χ3n) is 2.56. The van der Waals surface area contributed by atoms with Gasteiger partial charge >= 0.3 is 0 Å². The van der Waals surface area contributed by atoms with Crippen LogP contribution in [0.15, 0.2) is 0 Å². The lowest BCUT2D eigenvalue weighted by Gasteiger charge is -2.12. The Morgan fingerprint density at radius 3 is 2.93 bits per heavy atom. The van der Waals surface area contributed by atoms with Crippen molar-refractivity contribution in [2.45, 2.75) is 32.2 Å². The first-order chi connectivity index (χ1) is 6.72. The van der Waals surface area contributed by atoms with E-state index in [1.54, 1.807) is 0 Å². The Labute approximate surface area is 97.3 Å². The Morgan fingerprint density at radius 2 is 2.40 bits per heavy atom. The number of halogens is 1. The van der Waals surface area contributed by atoms with Gasteiger partial charge in [0.1, 0.15) is 0 Å². The highest BCUT2D eigenvalue weighted by Crippen LogP contribution is 2.17. The fraction of sp³-hybridized carbons (Fsp3) is 0.900. The van der Waals surface area contributed by atoms with Crippen molar-refractivity contribution in [3.8, 4) is 0 Å². The van der Waals surface area contributed by atoms with Gasteiger partial charge in [-0.25, -0.2) is 0 Å². The summed E-state index contributed by atoms with van der Waals surface area (Å²) >= 11 is 0. The first-order valence-corrected chi connectivity index (χ1v) is 5.29. The van der Waals surface area contributed by atoms with Crippen LogP contribution in [0.3, 0.4) is 0 Å². The molecule has 0 radical (unpaired) electrons. The minimum absolute atomic E-state index is 0. The van der Waals surface area contributed by atoms with Crippen molar-refractivity contribution < 1.29 is 9.53 Å². The van der Waals surface area contributed by atoms with Gasteiger partial charge in [-0.2, -0.15) is 0 Å². The van der Waals surface area contributed by atoms with E-state index in [4.69, 9.17) is 10.5 Å². The molecule has 0 aromatic rings. The second kappa shape index (κ2) is 7.91. The zero-order valence-electron chi connectivity index (χ0n) is 9.20. The molecule has 1 fully saturated rings. The van der Waals surface area contributed by atoms with Crippen molar-refractivity contribution in [1.29, 1.82) is 0 Å². The molecule has 1 saturated heterocycles. The fourth-order valence-electron chi connectivity index (χ4n) is 1.55.